The number of aryl methyl sites for hydroxylation is 2. The molecule has 3 aromatic rings. The molecular formula is C22H24F3N5O3S. The lowest BCUT2D eigenvalue weighted by Gasteiger charge is -2.12. The van der Waals surface area contributed by atoms with Crippen molar-refractivity contribution in [2.75, 3.05) is 5.32 Å². The molecule has 0 radical (unpaired) electrons. The van der Waals surface area contributed by atoms with E-state index in [1.807, 2.05) is 0 Å². The molecule has 2 aromatic heterocycles. The number of hydrogen-bond donors (Lipinski definition) is 1. The van der Waals surface area contributed by atoms with Crippen LogP contribution in [0.25, 0.3) is 5.78 Å². The van der Waals surface area contributed by atoms with Gasteiger partial charge >= 0.3 is 6.18 Å². The van der Waals surface area contributed by atoms with Gasteiger partial charge in [0.15, 0.2) is 9.84 Å². The van der Waals surface area contributed by atoms with Crippen LogP contribution in [0.1, 0.15) is 54.9 Å². The third-order valence-corrected chi connectivity index (χ3v) is 8.39. The molecule has 34 heavy (non-hydrogen) atoms. The Hall–Kier alpha value is -3.02. The molecule has 0 aliphatic heterocycles. The summed E-state index contributed by atoms with van der Waals surface area (Å²) in [6.07, 6.45) is -1.21. The maximum atomic E-state index is 12.9. The summed E-state index contributed by atoms with van der Waals surface area (Å²) in [4.78, 5) is 20.2. The number of nitrogens with one attached hydrogen (secondary N) is 1. The number of alkyl halides is 3. The smallest absolute Gasteiger partial charge is 0.326 e. The van der Waals surface area contributed by atoms with E-state index >= 15 is 0 Å². The summed E-state index contributed by atoms with van der Waals surface area (Å²) in [7, 11) is -3.37. The van der Waals surface area contributed by atoms with E-state index in [0.29, 0.717) is 35.5 Å². The van der Waals surface area contributed by atoms with Gasteiger partial charge in [0.05, 0.1) is 10.1 Å². The summed E-state index contributed by atoms with van der Waals surface area (Å²) < 4.78 is 65.2. The first kappa shape index (κ1) is 24.1. The zero-order valence-electron chi connectivity index (χ0n) is 18.7. The average Bonchev–Trinajstić information content (AvgIpc) is 3.44. The van der Waals surface area contributed by atoms with Crippen LogP contribution in [0.5, 0.6) is 0 Å². The van der Waals surface area contributed by atoms with Crippen molar-refractivity contribution in [1.82, 2.24) is 19.6 Å². The third kappa shape index (κ3) is 4.77. The lowest BCUT2D eigenvalue weighted by atomic mass is 10.1. The maximum Gasteiger partial charge on any atom is 0.453 e. The van der Waals surface area contributed by atoms with Crippen molar-refractivity contribution in [2.24, 2.45) is 0 Å². The van der Waals surface area contributed by atoms with E-state index in [4.69, 9.17) is 0 Å². The summed E-state index contributed by atoms with van der Waals surface area (Å²) in [5.74, 6) is -1.74. The Morgan fingerprint density at radius 1 is 1.12 bits per heavy atom. The minimum Gasteiger partial charge on any atom is -0.326 e. The van der Waals surface area contributed by atoms with Crippen LogP contribution in [0, 0.1) is 13.8 Å². The van der Waals surface area contributed by atoms with Crippen molar-refractivity contribution in [1.29, 1.82) is 0 Å². The van der Waals surface area contributed by atoms with E-state index in [9.17, 15) is 26.4 Å². The predicted molar refractivity (Wildman–Crippen MR) is 118 cm³/mol. The number of carbonyl (C=O) groups is 1. The molecule has 1 aliphatic rings. The predicted octanol–water partition coefficient (Wildman–Crippen LogP) is 4.05. The van der Waals surface area contributed by atoms with Crippen molar-refractivity contribution in [2.45, 2.75) is 68.7 Å². The molecule has 4 rings (SSSR count). The fourth-order valence-corrected chi connectivity index (χ4v) is 6.13. The second kappa shape index (κ2) is 8.97. The van der Waals surface area contributed by atoms with Crippen molar-refractivity contribution in [3.63, 3.8) is 0 Å². The Morgan fingerprint density at radius 2 is 1.76 bits per heavy atom. The first-order valence-electron chi connectivity index (χ1n) is 10.9. The fraction of sp³-hybridized carbons (Fsp3) is 0.455. The first-order chi connectivity index (χ1) is 16.0. The number of hydrogen-bond acceptors (Lipinski definition) is 6. The first-order valence-corrected chi connectivity index (χ1v) is 12.5. The quantitative estimate of drug-likeness (QED) is 0.553. The fourth-order valence-electron chi connectivity index (χ4n) is 4.27. The molecule has 0 spiro atoms. The number of sulfone groups is 1. The third-order valence-electron chi connectivity index (χ3n) is 6.11. The number of aromatic nitrogens is 4. The number of amides is 1. The normalized spacial score (nSPS) is 15.2. The van der Waals surface area contributed by atoms with Crippen LogP contribution >= 0.6 is 0 Å². The van der Waals surface area contributed by atoms with Gasteiger partial charge in [-0.2, -0.15) is 18.2 Å². The van der Waals surface area contributed by atoms with E-state index in [1.165, 1.54) is 12.1 Å². The number of rotatable bonds is 6. The highest BCUT2D eigenvalue weighted by molar-refractivity contribution is 7.92. The van der Waals surface area contributed by atoms with Crippen molar-refractivity contribution in [3.8, 4) is 0 Å². The Kier molecular flexibility index (Phi) is 6.36. The Bertz CT molecular complexity index is 1330. The molecule has 0 atom stereocenters. The van der Waals surface area contributed by atoms with Gasteiger partial charge in [-0.25, -0.2) is 17.9 Å². The van der Waals surface area contributed by atoms with Gasteiger partial charge in [0.2, 0.25) is 5.91 Å². The molecule has 1 N–H and O–H groups in total. The lowest BCUT2D eigenvalue weighted by Crippen LogP contribution is -2.18. The Labute approximate surface area is 194 Å². The number of anilines is 1. The second-order valence-corrected chi connectivity index (χ2v) is 10.7. The molecule has 1 fully saturated rings. The molecule has 2 heterocycles. The molecule has 8 nitrogen and oxygen atoms in total. The Balaban J connectivity index is 1.43. The molecule has 1 aromatic carbocycles. The van der Waals surface area contributed by atoms with Crippen LogP contribution in [0.2, 0.25) is 0 Å². The van der Waals surface area contributed by atoms with Crippen molar-refractivity contribution < 1.29 is 26.4 Å². The minimum absolute atomic E-state index is 0.0534. The van der Waals surface area contributed by atoms with E-state index in [-0.39, 0.29) is 34.7 Å². The number of benzene rings is 1. The SMILES string of the molecule is Cc1nc2nc(C(F)(F)F)nn2c(C)c1CCC(=O)Nc1ccc(S(=O)(=O)C2CCCC2)cc1. The van der Waals surface area contributed by atoms with Crippen LogP contribution < -0.4 is 5.32 Å². The van der Waals surface area contributed by atoms with E-state index in [2.05, 4.69) is 20.4 Å². The molecule has 0 saturated heterocycles. The van der Waals surface area contributed by atoms with Gasteiger partial charge in [0, 0.05) is 23.5 Å². The highest BCUT2D eigenvalue weighted by Gasteiger charge is 2.37. The second-order valence-electron chi connectivity index (χ2n) is 8.43. The van der Waals surface area contributed by atoms with Crippen LogP contribution in [0.3, 0.4) is 0 Å². The summed E-state index contributed by atoms with van der Waals surface area (Å²) >= 11 is 0. The highest BCUT2D eigenvalue weighted by Crippen LogP contribution is 2.30. The molecule has 1 saturated carbocycles. The molecule has 1 aliphatic carbocycles. The number of nitrogens with zero attached hydrogens (tertiary/aromatic N) is 4. The number of fused-ring (bicyclic) bond motifs is 1. The standard InChI is InChI=1S/C22H24F3N5O3S/c1-13-18(14(2)30-21(26-13)28-20(29-30)22(23,24)25)11-12-19(31)27-15-7-9-17(10-8-15)34(32,33)16-5-3-4-6-16/h7-10,16H,3-6,11-12H2,1-2H3,(H,27,31). The molecule has 0 bridgehead atoms. The zero-order valence-corrected chi connectivity index (χ0v) is 19.5. The van der Waals surface area contributed by atoms with Crippen molar-refractivity contribution in [3.05, 3.63) is 47.0 Å². The minimum atomic E-state index is -4.68. The number of halogens is 3. The molecule has 1 amide bonds. The molecule has 0 unspecified atom stereocenters. The van der Waals surface area contributed by atoms with Gasteiger partial charge in [-0.15, -0.1) is 5.10 Å². The van der Waals surface area contributed by atoms with Gasteiger partial charge in [0.1, 0.15) is 0 Å². The average molecular weight is 496 g/mol. The summed E-state index contributed by atoms with van der Waals surface area (Å²) in [5.41, 5.74) is 1.97. The maximum absolute atomic E-state index is 12.9. The van der Waals surface area contributed by atoms with Crippen LogP contribution in [-0.4, -0.2) is 39.2 Å². The topological polar surface area (TPSA) is 106 Å². The van der Waals surface area contributed by atoms with Crippen LogP contribution in [0.4, 0.5) is 18.9 Å². The van der Waals surface area contributed by atoms with Gasteiger partial charge in [-0.3, -0.25) is 4.79 Å². The Morgan fingerprint density at radius 3 is 2.38 bits per heavy atom. The van der Waals surface area contributed by atoms with E-state index in [0.717, 1.165) is 17.4 Å². The lowest BCUT2D eigenvalue weighted by molar-refractivity contribution is -0.144. The van der Waals surface area contributed by atoms with Crippen LogP contribution in [-0.2, 0) is 27.2 Å². The molecule has 12 heteroatoms. The molecular weight excluding hydrogens is 471 g/mol. The van der Waals surface area contributed by atoms with Crippen LogP contribution in [0.15, 0.2) is 29.2 Å². The molecule has 182 valence electrons. The van der Waals surface area contributed by atoms with E-state index < -0.39 is 21.8 Å². The largest absolute Gasteiger partial charge is 0.453 e. The summed E-state index contributed by atoms with van der Waals surface area (Å²) in [6.45, 7) is 3.25. The van der Waals surface area contributed by atoms with Gasteiger partial charge in [-0.1, -0.05) is 12.8 Å². The monoisotopic (exact) mass is 495 g/mol. The summed E-state index contributed by atoms with van der Waals surface area (Å²) in [5, 5.41) is 5.88. The van der Waals surface area contributed by atoms with Gasteiger partial charge in [-0.05, 0) is 62.9 Å². The zero-order chi connectivity index (χ0) is 24.7. The highest BCUT2D eigenvalue weighted by atomic mass is 32.2. The van der Waals surface area contributed by atoms with Gasteiger partial charge in [0.25, 0.3) is 11.6 Å². The van der Waals surface area contributed by atoms with Gasteiger partial charge < -0.3 is 5.32 Å². The van der Waals surface area contributed by atoms with E-state index in [1.54, 1.807) is 26.0 Å². The van der Waals surface area contributed by atoms with Crippen molar-refractivity contribution >= 4 is 27.2 Å². The number of carbonyl (C=O) groups excluding carboxylic acids is 1. The summed E-state index contributed by atoms with van der Waals surface area (Å²) in [6, 6.07) is 6.10.